The molecule has 194 valence electrons. The van der Waals surface area contributed by atoms with Crippen LogP contribution in [0.2, 0.25) is 10.0 Å². The van der Waals surface area contributed by atoms with Crippen LogP contribution in [0.4, 0.5) is 5.82 Å². The van der Waals surface area contributed by atoms with Gasteiger partial charge in [-0.1, -0.05) is 41.3 Å². The minimum atomic E-state index is -0.373. The molecule has 3 aromatic rings. The summed E-state index contributed by atoms with van der Waals surface area (Å²) in [6, 6.07) is 9.15. The Morgan fingerprint density at radius 1 is 1.22 bits per heavy atom. The number of carbonyl (C=O) groups excluding carboxylic acids is 1. The van der Waals surface area contributed by atoms with Crippen LogP contribution in [-0.2, 0) is 16.1 Å². The zero-order chi connectivity index (χ0) is 25.7. The number of esters is 1. The molecule has 0 N–H and O–H groups in total. The molecular formula is C28H29Cl2N3O4. The van der Waals surface area contributed by atoms with Gasteiger partial charge in [-0.05, 0) is 61.3 Å². The number of methoxy groups -OCH3 is 1. The monoisotopic (exact) mass is 541 g/mol. The first-order chi connectivity index (χ1) is 17.9. The minimum Gasteiger partial charge on any atom is -0.465 e. The molecule has 3 fully saturated rings. The summed E-state index contributed by atoms with van der Waals surface area (Å²) in [5.74, 6) is 2.32. The molecule has 1 aliphatic heterocycles. The Hall–Kier alpha value is -2.61. The van der Waals surface area contributed by atoms with E-state index in [0.717, 1.165) is 55.9 Å². The molecule has 1 aromatic carbocycles. The molecular weight excluding hydrogens is 513 g/mol. The third-order valence-corrected chi connectivity index (χ3v) is 8.77. The van der Waals surface area contributed by atoms with Gasteiger partial charge in [0, 0.05) is 36.3 Å². The molecule has 0 radical (unpaired) electrons. The van der Waals surface area contributed by atoms with Crippen LogP contribution in [0.5, 0.6) is 0 Å². The number of pyridine rings is 1. The van der Waals surface area contributed by atoms with Gasteiger partial charge in [-0.25, -0.2) is 9.78 Å². The van der Waals surface area contributed by atoms with E-state index in [1.54, 1.807) is 12.3 Å². The van der Waals surface area contributed by atoms with Crippen molar-refractivity contribution in [2.75, 3.05) is 25.1 Å². The lowest BCUT2D eigenvalue weighted by atomic mass is 9.83. The van der Waals surface area contributed by atoms with Crippen LogP contribution in [0.15, 0.2) is 41.1 Å². The molecule has 9 heteroatoms. The number of fused-ring (bicyclic) bond motifs is 1. The van der Waals surface area contributed by atoms with Gasteiger partial charge in [-0.3, -0.25) is 0 Å². The first-order valence-corrected chi connectivity index (χ1v) is 13.5. The van der Waals surface area contributed by atoms with E-state index in [2.05, 4.69) is 22.0 Å². The van der Waals surface area contributed by atoms with E-state index in [4.69, 9.17) is 37.2 Å². The molecule has 0 spiro atoms. The van der Waals surface area contributed by atoms with Crippen molar-refractivity contribution in [3.05, 3.63) is 63.5 Å². The summed E-state index contributed by atoms with van der Waals surface area (Å²) in [6.07, 6.45) is 5.91. The molecule has 3 aliphatic rings. The van der Waals surface area contributed by atoms with Crippen molar-refractivity contribution in [2.24, 2.45) is 11.3 Å². The zero-order valence-corrected chi connectivity index (χ0v) is 22.4. The Balaban J connectivity index is 1.14. The van der Waals surface area contributed by atoms with Crippen molar-refractivity contribution in [1.82, 2.24) is 10.1 Å². The Morgan fingerprint density at radius 2 is 2.00 bits per heavy atom. The second-order valence-electron chi connectivity index (χ2n) is 10.7. The number of benzene rings is 1. The van der Waals surface area contributed by atoms with E-state index in [9.17, 15) is 4.79 Å². The largest absolute Gasteiger partial charge is 0.465 e. The SMILES string of the molecule is COC(=O)c1ccc(N2C[C@@H]3C[C@@H](OCc4c(-c5c(Cl)cccc5Cl)noc4C4CC4)C[C@@]3(C)C2)nc1. The quantitative estimate of drug-likeness (QED) is 0.314. The third-order valence-electron chi connectivity index (χ3n) is 8.14. The maximum atomic E-state index is 11.7. The maximum absolute atomic E-state index is 11.7. The summed E-state index contributed by atoms with van der Waals surface area (Å²) in [7, 11) is 1.37. The van der Waals surface area contributed by atoms with Crippen LogP contribution >= 0.6 is 23.2 Å². The number of rotatable bonds is 7. The molecule has 37 heavy (non-hydrogen) atoms. The van der Waals surface area contributed by atoms with E-state index in [-0.39, 0.29) is 17.5 Å². The predicted molar refractivity (Wildman–Crippen MR) is 141 cm³/mol. The van der Waals surface area contributed by atoms with Crippen LogP contribution in [0.1, 0.15) is 60.2 Å². The fraction of sp³-hybridized carbons (Fsp3) is 0.464. The number of aromatic nitrogens is 2. The van der Waals surface area contributed by atoms with Gasteiger partial charge in [0.1, 0.15) is 17.3 Å². The smallest absolute Gasteiger partial charge is 0.339 e. The lowest BCUT2D eigenvalue weighted by Crippen LogP contribution is -2.27. The van der Waals surface area contributed by atoms with Crippen molar-refractivity contribution >= 4 is 35.0 Å². The minimum absolute atomic E-state index is 0.135. The third kappa shape index (κ3) is 4.62. The summed E-state index contributed by atoms with van der Waals surface area (Å²) in [5.41, 5.74) is 2.96. The molecule has 2 aliphatic carbocycles. The van der Waals surface area contributed by atoms with Gasteiger partial charge in [-0.2, -0.15) is 0 Å². The molecule has 1 saturated heterocycles. The summed E-state index contributed by atoms with van der Waals surface area (Å²) in [5, 5.41) is 5.50. The summed E-state index contributed by atoms with van der Waals surface area (Å²) in [4.78, 5) is 18.6. The Morgan fingerprint density at radius 3 is 2.65 bits per heavy atom. The number of carbonyl (C=O) groups is 1. The highest BCUT2D eigenvalue weighted by atomic mass is 35.5. The van der Waals surface area contributed by atoms with E-state index in [0.29, 0.717) is 45.3 Å². The van der Waals surface area contributed by atoms with Gasteiger partial charge in [0.05, 0.1) is 35.4 Å². The van der Waals surface area contributed by atoms with Crippen molar-refractivity contribution in [3.8, 4) is 11.3 Å². The molecule has 0 unspecified atom stereocenters. The summed E-state index contributed by atoms with van der Waals surface area (Å²) >= 11 is 13.0. The van der Waals surface area contributed by atoms with Crippen LogP contribution in [-0.4, -0.2) is 42.4 Å². The highest BCUT2D eigenvalue weighted by Gasteiger charge is 2.50. The van der Waals surface area contributed by atoms with Crippen molar-refractivity contribution in [2.45, 2.75) is 51.2 Å². The number of halogens is 2. The zero-order valence-electron chi connectivity index (χ0n) is 20.9. The second-order valence-corrected chi connectivity index (χ2v) is 11.6. The van der Waals surface area contributed by atoms with Gasteiger partial charge in [0.15, 0.2) is 0 Å². The van der Waals surface area contributed by atoms with Gasteiger partial charge in [0.2, 0.25) is 0 Å². The van der Waals surface area contributed by atoms with Crippen LogP contribution in [0, 0.1) is 11.3 Å². The molecule has 3 atom stereocenters. The summed E-state index contributed by atoms with van der Waals surface area (Å²) in [6.45, 7) is 4.60. The van der Waals surface area contributed by atoms with E-state index >= 15 is 0 Å². The lowest BCUT2D eigenvalue weighted by molar-refractivity contribution is 0.0368. The highest BCUT2D eigenvalue weighted by Crippen LogP contribution is 2.51. The first-order valence-electron chi connectivity index (χ1n) is 12.7. The fourth-order valence-electron chi connectivity index (χ4n) is 5.99. The Bertz CT molecular complexity index is 1300. The molecule has 0 bridgehead atoms. The average Bonchev–Trinajstić information content (AvgIpc) is 3.46. The number of hydrogen-bond acceptors (Lipinski definition) is 7. The average molecular weight is 542 g/mol. The number of hydrogen-bond donors (Lipinski definition) is 0. The van der Waals surface area contributed by atoms with Crippen LogP contribution in [0.25, 0.3) is 11.3 Å². The topological polar surface area (TPSA) is 77.7 Å². The Kier molecular flexibility index (Phi) is 6.42. The van der Waals surface area contributed by atoms with Gasteiger partial charge in [0.25, 0.3) is 0 Å². The van der Waals surface area contributed by atoms with Gasteiger partial charge in [-0.15, -0.1) is 0 Å². The van der Waals surface area contributed by atoms with Crippen LogP contribution < -0.4 is 4.90 Å². The van der Waals surface area contributed by atoms with E-state index < -0.39 is 0 Å². The number of anilines is 1. The van der Waals surface area contributed by atoms with Crippen LogP contribution in [0.3, 0.4) is 0 Å². The second kappa shape index (κ2) is 9.61. The highest BCUT2D eigenvalue weighted by molar-refractivity contribution is 6.39. The van der Waals surface area contributed by atoms with Gasteiger partial charge >= 0.3 is 5.97 Å². The molecule has 0 amide bonds. The predicted octanol–water partition coefficient (Wildman–Crippen LogP) is 6.53. The van der Waals surface area contributed by atoms with E-state index in [1.807, 2.05) is 24.3 Å². The number of nitrogens with zero attached hydrogens (tertiary/aromatic N) is 3. The first kappa shape index (κ1) is 24.7. The Labute approximate surface area is 226 Å². The van der Waals surface area contributed by atoms with E-state index in [1.165, 1.54) is 7.11 Å². The lowest BCUT2D eigenvalue weighted by Gasteiger charge is -2.25. The van der Waals surface area contributed by atoms with Crippen molar-refractivity contribution in [1.29, 1.82) is 0 Å². The van der Waals surface area contributed by atoms with Crippen molar-refractivity contribution < 1.29 is 18.8 Å². The number of ether oxygens (including phenoxy) is 2. The maximum Gasteiger partial charge on any atom is 0.339 e. The van der Waals surface area contributed by atoms with Crippen molar-refractivity contribution in [3.63, 3.8) is 0 Å². The summed E-state index contributed by atoms with van der Waals surface area (Å²) < 4.78 is 17.1. The molecule has 2 saturated carbocycles. The normalized spacial score (nSPS) is 24.9. The molecule has 7 nitrogen and oxygen atoms in total. The molecule has 3 heterocycles. The standard InChI is InChI=1S/C28H29Cl2N3O4/c1-28-11-19(10-18(28)13-33(15-28)23-9-8-17(12-31-23)27(34)35-2)36-14-20-25(32-37-26(20)16-6-7-16)24-21(29)4-3-5-22(24)30/h3-5,8-9,12,16,18-19H,6-7,10-11,13-15H2,1-2H3/t18-,19+,28-/m0/s1. The molecule has 6 rings (SSSR count). The molecule has 2 aromatic heterocycles. The fourth-order valence-corrected chi connectivity index (χ4v) is 6.57. The van der Waals surface area contributed by atoms with Gasteiger partial charge < -0.3 is 18.9 Å².